The Morgan fingerprint density at radius 3 is 2.34 bits per heavy atom. The molecule has 0 radical (unpaired) electrons. The number of likely N-dealkylation sites (N-methyl/N-ethyl adjacent to an activating group) is 1. The topological polar surface area (TPSA) is 172 Å². The molecule has 3 aromatic rings. The molecular weight excluding hydrogens is 615 g/mol. The summed E-state index contributed by atoms with van der Waals surface area (Å²) in [6, 6.07) is 9.93. The number of carbonyl (C=O) groups excluding carboxylic acids is 5. The van der Waals surface area contributed by atoms with Crippen LogP contribution in [0.3, 0.4) is 0 Å². The number of urea groups is 1. The van der Waals surface area contributed by atoms with Crippen molar-refractivity contribution < 1.29 is 42.3 Å². The van der Waals surface area contributed by atoms with Gasteiger partial charge < -0.3 is 39.6 Å². The van der Waals surface area contributed by atoms with Crippen molar-refractivity contribution in [2.24, 2.45) is 0 Å². The third kappa shape index (κ3) is 8.76. The number of alkyl carbamates (subject to hydrolysis) is 1. The van der Waals surface area contributed by atoms with E-state index in [0.29, 0.717) is 37.2 Å². The van der Waals surface area contributed by atoms with Crippen molar-refractivity contribution in [3.05, 3.63) is 65.2 Å². The van der Waals surface area contributed by atoms with E-state index in [-0.39, 0.29) is 36.5 Å². The number of rotatable bonds is 14. The number of ether oxygens (including phenoxy) is 2. The number of nitrogens with zero attached hydrogens (tertiary/aromatic N) is 2. The number of fused-ring (bicyclic) bond motifs is 1. The van der Waals surface area contributed by atoms with Crippen LogP contribution >= 0.6 is 0 Å². The summed E-state index contributed by atoms with van der Waals surface area (Å²) in [5.74, 6) is -1.69. The van der Waals surface area contributed by atoms with E-state index in [9.17, 15) is 24.0 Å². The predicted molar refractivity (Wildman–Crippen MR) is 168 cm³/mol. The number of benzene rings is 2. The number of carbonyl (C=O) groups is 5. The zero-order chi connectivity index (χ0) is 34.4. The van der Waals surface area contributed by atoms with Gasteiger partial charge in [-0.1, -0.05) is 12.1 Å². The van der Waals surface area contributed by atoms with E-state index in [2.05, 4.69) is 21.3 Å². The molecule has 1 aliphatic heterocycles. The Kier molecular flexibility index (Phi) is 10.7. The van der Waals surface area contributed by atoms with E-state index in [0.717, 1.165) is 11.6 Å². The molecule has 0 saturated carbocycles. The van der Waals surface area contributed by atoms with Crippen LogP contribution in [0.15, 0.2) is 46.9 Å². The van der Waals surface area contributed by atoms with Crippen molar-refractivity contribution in [1.82, 2.24) is 31.1 Å². The summed E-state index contributed by atoms with van der Waals surface area (Å²) in [6.07, 6.45) is 0.0210. The van der Waals surface area contributed by atoms with Gasteiger partial charge in [-0.25, -0.2) is 14.0 Å². The summed E-state index contributed by atoms with van der Waals surface area (Å²) in [7, 11) is 3.34. The normalized spacial score (nSPS) is 16.1. The van der Waals surface area contributed by atoms with Gasteiger partial charge in [0.25, 0.3) is 11.8 Å². The molecule has 1 saturated heterocycles. The lowest BCUT2D eigenvalue weighted by Crippen LogP contribution is -2.52. The standard InChI is InChI=1S/C32H39FN6O8/c1-31(2,3)47-30(44)35-11-13-38(4)12-10-34-27(41)23-14-21-15-26(46-25(21)16-24(23)33)32(28(42)36-29(43)37-32)18-39(19-40)17-20-6-8-22(45-5)9-7-20/h6-9,14-16,19H,10-13,17-18H2,1-5H3,(H,34,41)(H,35,44)(H2,36,37,42,43)/t32-/m0/s1. The molecular formula is C32H39FN6O8. The summed E-state index contributed by atoms with van der Waals surface area (Å²) >= 11 is 0. The van der Waals surface area contributed by atoms with E-state index < -0.39 is 40.9 Å². The van der Waals surface area contributed by atoms with Crippen LogP contribution in [0.2, 0.25) is 0 Å². The SMILES string of the molecule is COc1ccc(CN(C=O)C[C@@]2(c3cc4cc(C(=O)NCCN(C)CCNC(=O)OC(C)(C)C)c(F)cc4o3)NC(=O)NC2=O)cc1. The van der Waals surface area contributed by atoms with E-state index in [1.807, 2.05) is 4.90 Å². The van der Waals surface area contributed by atoms with Gasteiger partial charge in [-0.3, -0.25) is 19.7 Å². The molecule has 0 spiro atoms. The van der Waals surface area contributed by atoms with Crippen LogP contribution in [-0.2, 0) is 26.4 Å². The second-order valence-corrected chi connectivity index (χ2v) is 12.1. The van der Waals surface area contributed by atoms with Crippen molar-refractivity contribution in [2.45, 2.75) is 38.5 Å². The van der Waals surface area contributed by atoms with Gasteiger partial charge in [0.05, 0.1) is 19.2 Å². The summed E-state index contributed by atoms with van der Waals surface area (Å²) in [6.45, 7) is 6.55. The van der Waals surface area contributed by atoms with E-state index in [1.54, 1.807) is 52.1 Å². The van der Waals surface area contributed by atoms with E-state index >= 15 is 4.39 Å². The van der Waals surface area contributed by atoms with Crippen LogP contribution in [-0.4, -0.2) is 92.6 Å². The van der Waals surface area contributed by atoms with Crippen LogP contribution in [0.1, 0.15) is 42.5 Å². The molecule has 15 heteroatoms. The fourth-order valence-electron chi connectivity index (χ4n) is 4.93. The van der Waals surface area contributed by atoms with Gasteiger partial charge in [0.1, 0.15) is 28.5 Å². The van der Waals surface area contributed by atoms with Crippen molar-refractivity contribution >= 4 is 41.3 Å². The van der Waals surface area contributed by atoms with Crippen molar-refractivity contribution in [2.75, 3.05) is 46.9 Å². The number of hydrogen-bond donors (Lipinski definition) is 4. The third-order valence-corrected chi connectivity index (χ3v) is 7.29. The van der Waals surface area contributed by atoms with E-state index in [1.165, 1.54) is 24.1 Å². The lowest BCUT2D eigenvalue weighted by atomic mass is 9.95. The van der Waals surface area contributed by atoms with Crippen LogP contribution < -0.4 is 26.0 Å². The molecule has 2 aromatic carbocycles. The molecule has 14 nitrogen and oxygen atoms in total. The Balaban J connectivity index is 1.43. The van der Waals surface area contributed by atoms with Gasteiger partial charge in [0, 0.05) is 44.2 Å². The maximum absolute atomic E-state index is 15.1. The molecule has 2 heterocycles. The molecule has 0 bridgehead atoms. The fraction of sp³-hybridized carbons (Fsp3) is 0.406. The molecule has 4 rings (SSSR count). The van der Waals surface area contributed by atoms with Gasteiger partial charge in [-0.15, -0.1) is 0 Å². The van der Waals surface area contributed by atoms with Crippen molar-refractivity contribution in [3.8, 4) is 5.75 Å². The fourth-order valence-corrected chi connectivity index (χ4v) is 4.93. The van der Waals surface area contributed by atoms with Crippen LogP contribution in [0.5, 0.6) is 5.75 Å². The zero-order valence-corrected chi connectivity index (χ0v) is 26.9. The maximum atomic E-state index is 15.1. The average molecular weight is 655 g/mol. The number of methoxy groups -OCH3 is 1. The first-order valence-electron chi connectivity index (χ1n) is 14.9. The van der Waals surface area contributed by atoms with Crippen LogP contribution in [0.4, 0.5) is 14.0 Å². The average Bonchev–Trinajstić information content (AvgIpc) is 3.55. The zero-order valence-electron chi connectivity index (χ0n) is 26.9. The smallest absolute Gasteiger partial charge is 0.407 e. The Hall–Kier alpha value is -5.18. The minimum absolute atomic E-state index is 0.0346. The molecule has 1 aliphatic rings. The van der Waals surface area contributed by atoms with Gasteiger partial charge in [0.15, 0.2) is 5.54 Å². The molecule has 252 valence electrons. The van der Waals surface area contributed by atoms with Crippen molar-refractivity contribution in [1.29, 1.82) is 0 Å². The predicted octanol–water partition coefficient (Wildman–Crippen LogP) is 2.46. The summed E-state index contributed by atoms with van der Waals surface area (Å²) in [5, 5.41) is 10.4. The highest BCUT2D eigenvalue weighted by atomic mass is 19.1. The number of amides is 6. The van der Waals surface area contributed by atoms with E-state index in [4.69, 9.17) is 13.9 Å². The highest BCUT2D eigenvalue weighted by Crippen LogP contribution is 2.33. The molecule has 47 heavy (non-hydrogen) atoms. The molecule has 1 atom stereocenters. The lowest BCUT2D eigenvalue weighted by molar-refractivity contribution is -0.127. The highest BCUT2D eigenvalue weighted by molar-refractivity contribution is 6.08. The molecule has 0 unspecified atom stereocenters. The number of furan rings is 1. The number of hydrogen-bond acceptors (Lipinski definition) is 9. The number of nitrogens with one attached hydrogen (secondary N) is 4. The van der Waals surface area contributed by atoms with Gasteiger partial charge in [-0.2, -0.15) is 0 Å². The molecule has 0 aliphatic carbocycles. The third-order valence-electron chi connectivity index (χ3n) is 7.29. The lowest BCUT2D eigenvalue weighted by Gasteiger charge is -2.29. The molecule has 1 aromatic heterocycles. The second-order valence-electron chi connectivity index (χ2n) is 12.1. The molecule has 1 fully saturated rings. The van der Waals surface area contributed by atoms with Crippen LogP contribution in [0, 0.1) is 5.82 Å². The number of halogens is 1. The minimum Gasteiger partial charge on any atom is -0.497 e. The molecule has 6 amide bonds. The van der Waals surface area contributed by atoms with Gasteiger partial charge >= 0.3 is 12.1 Å². The molecule has 4 N–H and O–H groups in total. The Morgan fingerprint density at radius 1 is 1.06 bits per heavy atom. The summed E-state index contributed by atoms with van der Waals surface area (Å²) < 4.78 is 31.3. The monoisotopic (exact) mass is 654 g/mol. The first kappa shape index (κ1) is 34.7. The highest BCUT2D eigenvalue weighted by Gasteiger charge is 2.51. The van der Waals surface area contributed by atoms with Gasteiger partial charge in [0.2, 0.25) is 6.41 Å². The Bertz CT molecular complexity index is 1640. The second kappa shape index (κ2) is 14.5. The first-order valence-corrected chi connectivity index (χ1v) is 14.9. The van der Waals surface area contributed by atoms with Crippen LogP contribution in [0.25, 0.3) is 11.0 Å². The Labute approximate surface area is 270 Å². The first-order chi connectivity index (χ1) is 22.2. The minimum atomic E-state index is -1.81. The van der Waals surface area contributed by atoms with Crippen molar-refractivity contribution in [3.63, 3.8) is 0 Å². The summed E-state index contributed by atoms with van der Waals surface area (Å²) in [5.41, 5.74) is -1.89. The number of imide groups is 1. The maximum Gasteiger partial charge on any atom is 0.407 e. The summed E-state index contributed by atoms with van der Waals surface area (Å²) in [4.78, 5) is 65.4. The van der Waals surface area contributed by atoms with Gasteiger partial charge in [-0.05, 0) is 57.6 Å². The Morgan fingerprint density at radius 2 is 1.74 bits per heavy atom. The largest absolute Gasteiger partial charge is 0.497 e. The quantitative estimate of drug-likeness (QED) is 0.151.